The first kappa shape index (κ1) is 29.9. The first-order valence-corrected chi connectivity index (χ1v) is 15.6. The first-order valence-electron chi connectivity index (χ1n) is 15.6. The topological polar surface area (TPSA) is 17.8 Å². The Morgan fingerprint density at radius 1 is 0.743 bits per heavy atom. The van der Waals surface area contributed by atoms with Gasteiger partial charge in [0.25, 0.3) is 0 Å². The lowest BCUT2D eigenvalue weighted by Gasteiger charge is -2.33. The van der Waals surface area contributed by atoms with E-state index in [0.717, 1.165) is 6.42 Å². The second kappa shape index (κ2) is 18.9. The standard InChI is InChI=1S/C33H58N2/c1-4-6-8-10-12-14-16-18-21-25-31(3)35-30-29-34-32(35)33(27-23-20-24-28-33)26-22-19-17-15-13-11-9-7-5-2/h20,23-24,27,29-31H,4-19,21-22,25-26,28H2,1-3H3. The van der Waals surface area contributed by atoms with Crippen LogP contribution in [0.2, 0.25) is 0 Å². The molecule has 0 bridgehead atoms. The summed E-state index contributed by atoms with van der Waals surface area (Å²) in [6, 6.07) is 0.538. The third-order valence-electron chi connectivity index (χ3n) is 8.19. The fourth-order valence-electron chi connectivity index (χ4n) is 5.82. The molecule has 0 aromatic carbocycles. The van der Waals surface area contributed by atoms with Crippen molar-refractivity contribution in [3.05, 3.63) is 42.5 Å². The summed E-state index contributed by atoms with van der Waals surface area (Å²) >= 11 is 0. The summed E-state index contributed by atoms with van der Waals surface area (Å²) in [5, 5.41) is 0. The maximum atomic E-state index is 4.96. The van der Waals surface area contributed by atoms with Gasteiger partial charge < -0.3 is 4.57 Å². The molecule has 2 rings (SSSR count). The van der Waals surface area contributed by atoms with Crippen LogP contribution in [-0.2, 0) is 5.41 Å². The van der Waals surface area contributed by atoms with Crippen LogP contribution in [0, 0.1) is 0 Å². The molecule has 0 radical (unpaired) electrons. The molecule has 1 aliphatic carbocycles. The van der Waals surface area contributed by atoms with Gasteiger partial charge >= 0.3 is 0 Å². The molecule has 35 heavy (non-hydrogen) atoms. The largest absolute Gasteiger partial charge is 0.331 e. The molecule has 2 unspecified atom stereocenters. The molecule has 2 nitrogen and oxygen atoms in total. The normalized spacial score (nSPS) is 18.4. The van der Waals surface area contributed by atoms with Gasteiger partial charge in [-0.2, -0.15) is 0 Å². The summed E-state index contributed by atoms with van der Waals surface area (Å²) in [4.78, 5) is 4.96. The van der Waals surface area contributed by atoms with E-state index in [4.69, 9.17) is 4.98 Å². The third-order valence-corrected chi connectivity index (χ3v) is 8.19. The second-order valence-corrected chi connectivity index (χ2v) is 11.4. The molecule has 1 aromatic heterocycles. The van der Waals surface area contributed by atoms with Crippen molar-refractivity contribution >= 4 is 0 Å². The fraction of sp³-hybridized carbons (Fsp3) is 0.788. The lowest BCUT2D eigenvalue weighted by atomic mass is 9.76. The van der Waals surface area contributed by atoms with E-state index in [1.54, 1.807) is 0 Å². The quantitative estimate of drug-likeness (QED) is 0.150. The highest BCUT2D eigenvalue weighted by molar-refractivity contribution is 5.29. The van der Waals surface area contributed by atoms with Gasteiger partial charge in [0.1, 0.15) is 5.82 Å². The summed E-state index contributed by atoms with van der Waals surface area (Å²) in [5.41, 5.74) is 0.0894. The lowest BCUT2D eigenvalue weighted by molar-refractivity contribution is 0.380. The molecule has 1 aromatic rings. The van der Waals surface area contributed by atoms with E-state index in [0.29, 0.717) is 6.04 Å². The molecule has 0 N–H and O–H groups in total. The third kappa shape index (κ3) is 11.5. The van der Waals surface area contributed by atoms with Crippen molar-refractivity contribution in [2.24, 2.45) is 0 Å². The Kier molecular flexibility index (Phi) is 16.1. The van der Waals surface area contributed by atoms with E-state index in [9.17, 15) is 0 Å². The van der Waals surface area contributed by atoms with Crippen molar-refractivity contribution in [2.75, 3.05) is 0 Å². The number of hydrogen-bond acceptors (Lipinski definition) is 1. The monoisotopic (exact) mass is 482 g/mol. The maximum Gasteiger partial charge on any atom is 0.119 e. The molecule has 0 aliphatic heterocycles. The average Bonchev–Trinajstić information content (AvgIpc) is 3.38. The molecule has 2 heteroatoms. The van der Waals surface area contributed by atoms with Crippen molar-refractivity contribution in [1.29, 1.82) is 0 Å². The number of hydrogen-bond donors (Lipinski definition) is 0. The van der Waals surface area contributed by atoms with Gasteiger partial charge in [-0.1, -0.05) is 154 Å². The fourth-order valence-corrected chi connectivity index (χ4v) is 5.82. The Balaban J connectivity index is 1.76. The van der Waals surface area contributed by atoms with E-state index < -0.39 is 0 Å². The van der Waals surface area contributed by atoms with E-state index in [1.165, 1.54) is 134 Å². The average molecular weight is 483 g/mol. The number of allylic oxidation sites excluding steroid dienone is 4. The van der Waals surface area contributed by atoms with Gasteiger partial charge in [0.2, 0.25) is 0 Å². The van der Waals surface area contributed by atoms with Crippen LogP contribution < -0.4 is 0 Å². The Morgan fingerprint density at radius 2 is 1.29 bits per heavy atom. The molecule has 1 aliphatic rings. The van der Waals surface area contributed by atoms with Gasteiger partial charge in [0.05, 0.1) is 5.41 Å². The summed E-state index contributed by atoms with van der Waals surface area (Å²) in [5.74, 6) is 1.31. The van der Waals surface area contributed by atoms with Crippen LogP contribution in [0.4, 0.5) is 0 Å². The highest BCUT2D eigenvalue weighted by Crippen LogP contribution is 2.38. The van der Waals surface area contributed by atoms with Gasteiger partial charge in [0.15, 0.2) is 0 Å². The van der Waals surface area contributed by atoms with E-state index in [2.05, 4.69) is 55.8 Å². The summed E-state index contributed by atoms with van der Waals surface area (Å²) < 4.78 is 2.52. The van der Waals surface area contributed by atoms with Crippen LogP contribution in [0.1, 0.15) is 167 Å². The van der Waals surface area contributed by atoms with Crippen LogP contribution >= 0.6 is 0 Å². The Bertz CT molecular complexity index is 685. The molecule has 2 atom stereocenters. The maximum absolute atomic E-state index is 4.96. The summed E-state index contributed by atoms with van der Waals surface area (Å²) in [6.07, 6.45) is 42.3. The van der Waals surface area contributed by atoms with Crippen molar-refractivity contribution in [1.82, 2.24) is 9.55 Å². The molecule has 200 valence electrons. The number of aromatic nitrogens is 2. The predicted molar refractivity (Wildman–Crippen MR) is 155 cm³/mol. The molecule has 0 spiro atoms. The van der Waals surface area contributed by atoms with Crippen molar-refractivity contribution in [3.63, 3.8) is 0 Å². The molecule has 0 saturated carbocycles. The highest BCUT2D eigenvalue weighted by Gasteiger charge is 2.34. The summed E-state index contributed by atoms with van der Waals surface area (Å²) in [6.45, 7) is 7.01. The zero-order valence-electron chi connectivity index (χ0n) is 23.8. The van der Waals surface area contributed by atoms with E-state index in [1.807, 2.05) is 6.20 Å². The zero-order chi connectivity index (χ0) is 25.0. The second-order valence-electron chi connectivity index (χ2n) is 11.4. The Morgan fingerprint density at radius 3 is 1.83 bits per heavy atom. The van der Waals surface area contributed by atoms with Crippen molar-refractivity contribution in [3.8, 4) is 0 Å². The SMILES string of the molecule is CCCCCCCCCCCC(C)n1ccnc1C1(CCCCCCCCCCC)C=CC=CC1. The van der Waals surface area contributed by atoms with Crippen LogP contribution in [0.25, 0.3) is 0 Å². The van der Waals surface area contributed by atoms with E-state index in [-0.39, 0.29) is 5.41 Å². The van der Waals surface area contributed by atoms with Crippen LogP contribution in [0.5, 0.6) is 0 Å². The molecule has 1 heterocycles. The minimum atomic E-state index is 0.0894. The van der Waals surface area contributed by atoms with Gasteiger partial charge in [0, 0.05) is 18.4 Å². The molecule has 0 fully saturated rings. The minimum absolute atomic E-state index is 0.0894. The minimum Gasteiger partial charge on any atom is -0.331 e. The van der Waals surface area contributed by atoms with Crippen LogP contribution in [0.3, 0.4) is 0 Å². The van der Waals surface area contributed by atoms with Gasteiger partial charge in [-0.25, -0.2) is 4.98 Å². The van der Waals surface area contributed by atoms with E-state index >= 15 is 0 Å². The van der Waals surface area contributed by atoms with Crippen LogP contribution in [0.15, 0.2) is 36.7 Å². The Labute approximate surface area is 219 Å². The Hall–Kier alpha value is -1.31. The predicted octanol–water partition coefficient (Wildman–Crippen LogP) is 11.0. The number of nitrogens with zero attached hydrogens (tertiary/aromatic N) is 2. The molecule has 0 saturated heterocycles. The zero-order valence-corrected chi connectivity index (χ0v) is 23.8. The van der Waals surface area contributed by atoms with Gasteiger partial charge in [-0.15, -0.1) is 0 Å². The number of rotatable bonds is 22. The molecular formula is C33H58N2. The lowest BCUT2D eigenvalue weighted by Crippen LogP contribution is -2.29. The molecular weight excluding hydrogens is 424 g/mol. The summed E-state index contributed by atoms with van der Waals surface area (Å²) in [7, 11) is 0. The van der Waals surface area contributed by atoms with Crippen molar-refractivity contribution in [2.45, 2.75) is 167 Å². The van der Waals surface area contributed by atoms with Crippen molar-refractivity contribution < 1.29 is 0 Å². The van der Waals surface area contributed by atoms with Gasteiger partial charge in [-0.3, -0.25) is 0 Å². The highest BCUT2D eigenvalue weighted by atomic mass is 15.1. The molecule has 0 amide bonds. The first-order chi connectivity index (χ1) is 17.2. The number of imidazole rings is 1. The number of unbranched alkanes of at least 4 members (excludes halogenated alkanes) is 16. The smallest absolute Gasteiger partial charge is 0.119 e. The van der Waals surface area contributed by atoms with Gasteiger partial charge in [-0.05, 0) is 26.2 Å². The van der Waals surface area contributed by atoms with Crippen LogP contribution in [-0.4, -0.2) is 9.55 Å².